The molecule has 0 saturated carbocycles. The van der Waals surface area contributed by atoms with Gasteiger partial charge in [-0.25, -0.2) is 9.78 Å². The third-order valence-electron chi connectivity index (χ3n) is 4.10. The molecule has 7 nitrogen and oxygen atoms in total. The molecule has 0 aliphatic carbocycles. The largest absolute Gasteiger partial charge is 0.439 e. The Kier molecular flexibility index (Phi) is 5.15. The predicted octanol–water partition coefficient (Wildman–Crippen LogP) is 3.91. The number of oxazole rings is 1. The number of carbonyl (C=O) groups is 1. The maximum Gasteiger partial charge on any atom is 0.319 e. The molecule has 28 heavy (non-hydrogen) atoms. The minimum absolute atomic E-state index is 0.200. The van der Waals surface area contributed by atoms with Gasteiger partial charge in [0.15, 0.2) is 5.76 Å². The molecule has 0 atom stereocenters. The second kappa shape index (κ2) is 8.22. The number of nitrogens with one attached hydrogen (secondary N) is 2. The Balaban J connectivity index is 1.32. The summed E-state index contributed by atoms with van der Waals surface area (Å²) in [4.78, 5) is 16.4. The molecule has 0 bridgehead atoms. The first-order valence-electron chi connectivity index (χ1n) is 8.87. The van der Waals surface area contributed by atoms with E-state index in [1.165, 1.54) is 0 Å². The highest BCUT2D eigenvalue weighted by molar-refractivity contribution is 5.89. The van der Waals surface area contributed by atoms with Gasteiger partial charge in [0, 0.05) is 23.6 Å². The van der Waals surface area contributed by atoms with Gasteiger partial charge in [-0.1, -0.05) is 42.5 Å². The van der Waals surface area contributed by atoms with Crippen LogP contribution in [0.5, 0.6) is 0 Å². The molecule has 0 aliphatic rings. The Labute approximate surface area is 162 Å². The van der Waals surface area contributed by atoms with Crippen molar-refractivity contribution in [3.63, 3.8) is 0 Å². The number of hydrogen-bond acceptors (Lipinski definition) is 4. The van der Waals surface area contributed by atoms with Crippen LogP contribution in [-0.2, 0) is 13.1 Å². The molecule has 0 unspecified atom stereocenters. The van der Waals surface area contributed by atoms with Gasteiger partial charge < -0.3 is 15.1 Å². The Morgan fingerprint density at radius 1 is 1.07 bits per heavy atom. The lowest BCUT2D eigenvalue weighted by Gasteiger charge is -2.08. The summed E-state index contributed by atoms with van der Waals surface area (Å²) in [7, 11) is 0. The number of amides is 2. The normalized spacial score (nSPS) is 10.6. The van der Waals surface area contributed by atoms with Crippen molar-refractivity contribution in [3.8, 4) is 11.3 Å². The smallest absolute Gasteiger partial charge is 0.319 e. The average molecular weight is 373 g/mol. The lowest BCUT2D eigenvalue weighted by atomic mass is 10.2. The Bertz CT molecular complexity index is 1040. The summed E-state index contributed by atoms with van der Waals surface area (Å²) in [6.07, 6.45) is 5.29. The van der Waals surface area contributed by atoms with Crippen LogP contribution in [-0.4, -0.2) is 20.8 Å². The van der Waals surface area contributed by atoms with E-state index >= 15 is 0 Å². The molecule has 4 aromatic rings. The fraction of sp³-hybridized carbons (Fsp3) is 0.0952. The number of rotatable bonds is 6. The number of urea groups is 1. The van der Waals surface area contributed by atoms with Crippen LogP contribution in [0.25, 0.3) is 11.3 Å². The quantitative estimate of drug-likeness (QED) is 0.537. The van der Waals surface area contributed by atoms with Gasteiger partial charge in [-0.05, 0) is 23.8 Å². The van der Waals surface area contributed by atoms with Crippen molar-refractivity contribution in [2.24, 2.45) is 0 Å². The predicted molar refractivity (Wildman–Crippen MR) is 106 cm³/mol. The number of aromatic nitrogens is 3. The van der Waals surface area contributed by atoms with E-state index < -0.39 is 0 Å². The second-order valence-corrected chi connectivity index (χ2v) is 6.20. The molecule has 0 radical (unpaired) electrons. The minimum Gasteiger partial charge on any atom is -0.439 e. The fourth-order valence-corrected chi connectivity index (χ4v) is 2.79. The Hall–Kier alpha value is -3.87. The summed E-state index contributed by atoms with van der Waals surface area (Å²) in [6.45, 7) is 0.842. The van der Waals surface area contributed by atoms with Gasteiger partial charge in [-0.15, -0.1) is 0 Å². The van der Waals surface area contributed by atoms with Crippen molar-refractivity contribution in [2.45, 2.75) is 13.1 Å². The van der Waals surface area contributed by atoms with Gasteiger partial charge in [0.2, 0.25) is 5.89 Å². The molecule has 2 N–H and O–H groups in total. The Morgan fingerprint density at radius 2 is 1.96 bits per heavy atom. The van der Waals surface area contributed by atoms with Crippen molar-refractivity contribution >= 4 is 11.7 Å². The summed E-state index contributed by atoms with van der Waals surface area (Å²) in [6, 6.07) is 18.9. The van der Waals surface area contributed by atoms with Gasteiger partial charge in [0.25, 0.3) is 0 Å². The molecule has 2 heterocycles. The van der Waals surface area contributed by atoms with Crippen LogP contribution >= 0.6 is 0 Å². The van der Waals surface area contributed by atoms with Crippen LogP contribution in [0.1, 0.15) is 11.5 Å². The van der Waals surface area contributed by atoms with Gasteiger partial charge in [0.05, 0.1) is 19.3 Å². The first-order valence-corrected chi connectivity index (χ1v) is 8.87. The summed E-state index contributed by atoms with van der Waals surface area (Å²) < 4.78 is 7.51. The zero-order valence-corrected chi connectivity index (χ0v) is 15.1. The molecule has 2 aromatic carbocycles. The van der Waals surface area contributed by atoms with Crippen LogP contribution in [0.2, 0.25) is 0 Å². The van der Waals surface area contributed by atoms with Crippen LogP contribution in [0.15, 0.2) is 83.7 Å². The number of benzene rings is 2. The molecule has 7 heteroatoms. The first-order chi connectivity index (χ1) is 13.8. The summed E-state index contributed by atoms with van der Waals surface area (Å²) in [5, 5.41) is 9.76. The lowest BCUT2D eigenvalue weighted by molar-refractivity contribution is 0.250. The topological polar surface area (TPSA) is 85.0 Å². The molecule has 0 fully saturated rings. The number of nitrogens with zero attached hydrogens (tertiary/aromatic N) is 3. The highest BCUT2D eigenvalue weighted by Gasteiger charge is 2.08. The highest BCUT2D eigenvalue weighted by atomic mass is 16.4. The number of hydrogen-bond donors (Lipinski definition) is 2. The van der Waals surface area contributed by atoms with E-state index in [1.807, 2.05) is 71.5 Å². The molecule has 0 saturated heterocycles. The molecule has 4 rings (SSSR count). The van der Waals surface area contributed by atoms with Gasteiger partial charge >= 0.3 is 6.03 Å². The van der Waals surface area contributed by atoms with Crippen LogP contribution in [0.3, 0.4) is 0 Å². The van der Waals surface area contributed by atoms with Crippen molar-refractivity contribution in [1.82, 2.24) is 20.1 Å². The first kappa shape index (κ1) is 17.5. The third kappa shape index (κ3) is 4.45. The van der Waals surface area contributed by atoms with Gasteiger partial charge in [0.1, 0.15) is 0 Å². The second-order valence-electron chi connectivity index (χ2n) is 6.20. The van der Waals surface area contributed by atoms with Crippen molar-refractivity contribution in [2.75, 3.05) is 5.32 Å². The zero-order valence-electron chi connectivity index (χ0n) is 15.1. The standard InChI is InChI=1S/C21H19N5O2/c27-21(23-14-20-22-13-19(28-20)17-7-2-1-3-8-17)25-18-9-4-6-16(12-18)15-26-11-5-10-24-26/h1-13H,14-15H2,(H2,23,25,27). The van der Waals surface area contributed by atoms with E-state index in [-0.39, 0.29) is 12.6 Å². The van der Waals surface area contributed by atoms with Crippen LogP contribution < -0.4 is 10.6 Å². The maximum atomic E-state index is 12.2. The van der Waals surface area contributed by atoms with Gasteiger partial charge in [-0.2, -0.15) is 5.10 Å². The van der Waals surface area contributed by atoms with E-state index in [9.17, 15) is 4.79 Å². The highest BCUT2D eigenvalue weighted by Crippen LogP contribution is 2.19. The monoisotopic (exact) mass is 373 g/mol. The van der Waals surface area contributed by atoms with Crippen molar-refractivity contribution in [1.29, 1.82) is 0 Å². The van der Waals surface area contributed by atoms with Crippen molar-refractivity contribution in [3.05, 3.63) is 90.7 Å². The van der Waals surface area contributed by atoms with E-state index in [0.717, 1.165) is 11.1 Å². The van der Waals surface area contributed by atoms with Crippen molar-refractivity contribution < 1.29 is 9.21 Å². The van der Waals surface area contributed by atoms with E-state index in [2.05, 4.69) is 20.7 Å². The molecular weight excluding hydrogens is 354 g/mol. The summed E-state index contributed by atoms with van der Waals surface area (Å²) in [5.41, 5.74) is 2.70. The molecular formula is C21H19N5O2. The summed E-state index contributed by atoms with van der Waals surface area (Å²) >= 11 is 0. The molecule has 0 spiro atoms. The average Bonchev–Trinajstić information content (AvgIpc) is 3.39. The van der Waals surface area contributed by atoms with E-state index in [4.69, 9.17) is 4.42 Å². The van der Waals surface area contributed by atoms with E-state index in [0.29, 0.717) is 23.9 Å². The molecule has 2 aromatic heterocycles. The fourth-order valence-electron chi connectivity index (χ4n) is 2.79. The van der Waals surface area contributed by atoms with E-state index in [1.54, 1.807) is 12.4 Å². The number of anilines is 1. The van der Waals surface area contributed by atoms with Crippen LogP contribution in [0.4, 0.5) is 10.5 Å². The lowest BCUT2D eigenvalue weighted by Crippen LogP contribution is -2.28. The third-order valence-corrected chi connectivity index (χ3v) is 4.10. The molecule has 2 amide bonds. The maximum absolute atomic E-state index is 12.2. The Morgan fingerprint density at radius 3 is 2.79 bits per heavy atom. The molecule has 0 aliphatic heterocycles. The summed E-state index contributed by atoms with van der Waals surface area (Å²) in [5.74, 6) is 1.12. The van der Waals surface area contributed by atoms with Crippen LogP contribution in [0, 0.1) is 0 Å². The number of carbonyl (C=O) groups excluding carboxylic acids is 1. The minimum atomic E-state index is -0.323. The zero-order chi connectivity index (χ0) is 19.2. The molecule has 140 valence electrons. The van der Waals surface area contributed by atoms with Gasteiger partial charge in [-0.3, -0.25) is 4.68 Å². The SMILES string of the molecule is O=C(NCc1ncc(-c2ccccc2)o1)Nc1cccc(Cn2cccn2)c1.